The van der Waals surface area contributed by atoms with Gasteiger partial charge in [-0.2, -0.15) is 0 Å². The SMILES string of the molecule is CC[C@@H](C)Oc1cccc(NCc2ccccc2OCCc2ccccc2)c1. The zero-order valence-corrected chi connectivity index (χ0v) is 16.7. The van der Waals surface area contributed by atoms with E-state index in [0.717, 1.165) is 35.6 Å². The van der Waals surface area contributed by atoms with E-state index in [-0.39, 0.29) is 6.10 Å². The standard InChI is InChI=1S/C25H29NO2/c1-3-20(2)28-24-14-9-13-23(18-24)26-19-22-12-7-8-15-25(22)27-17-16-21-10-5-4-6-11-21/h4-15,18,20,26H,3,16-17,19H2,1-2H3/t20-/m1/s1. The van der Waals surface area contributed by atoms with Gasteiger partial charge in [0.25, 0.3) is 0 Å². The molecule has 0 aliphatic heterocycles. The maximum absolute atomic E-state index is 6.06. The van der Waals surface area contributed by atoms with Crippen LogP contribution < -0.4 is 14.8 Å². The fraction of sp³-hybridized carbons (Fsp3) is 0.280. The number of benzene rings is 3. The van der Waals surface area contributed by atoms with Crippen LogP contribution in [0.2, 0.25) is 0 Å². The third-order valence-corrected chi connectivity index (χ3v) is 4.69. The van der Waals surface area contributed by atoms with Crippen molar-refractivity contribution in [3.8, 4) is 11.5 Å². The molecule has 0 spiro atoms. The topological polar surface area (TPSA) is 30.5 Å². The van der Waals surface area contributed by atoms with E-state index in [9.17, 15) is 0 Å². The summed E-state index contributed by atoms with van der Waals surface area (Å²) in [5, 5.41) is 3.48. The number of ether oxygens (including phenoxy) is 2. The Bertz CT molecular complexity index is 848. The molecule has 3 aromatic carbocycles. The van der Waals surface area contributed by atoms with Gasteiger partial charge in [0.15, 0.2) is 0 Å². The number of rotatable bonds is 10. The molecule has 3 rings (SSSR count). The lowest BCUT2D eigenvalue weighted by Crippen LogP contribution is -2.10. The van der Waals surface area contributed by atoms with Crippen LogP contribution >= 0.6 is 0 Å². The van der Waals surface area contributed by atoms with E-state index in [2.05, 4.69) is 55.6 Å². The average molecular weight is 376 g/mol. The van der Waals surface area contributed by atoms with Crippen molar-refractivity contribution in [3.05, 3.63) is 90.0 Å². The summed E-state index contributed by atoms with van der Waals surface area (Å²) in [4.78, 5) is 0. The Morgan fingerprint density at radius 1 is 0.893 bits per heavy atom. The second kappa shape index (κ2) is 10.4. The molecule has 1 atom stereocenters. The van der Waals surface area contributed by atoms with Crippen LogP contribution in [-0.2, 0) is 13.0 Å². The van der Waals surface area contributed by atoms with E-state index < -0.39 is 0 Å². The molecule has 3 nitrogen and oxygen atoms in total. The highest BCUT2D eigenvalue weighted by Crippen LogP contribution is 2.23. The lowest BCUT2D eigenvalue weighted by Gasteiger charge is -2.15. The van der Waals surface area contributed by atoms with E-state index in [1.165, 1.54) is 5.56 Å². The molecule has 3 heteroatoms. The fourth-order valence-electron chi connectivity index (χ4n) is 2.91. The smallest absolute Gasteiger partial charge is 0.124 e. The highest BCUT2D eigenvalue weighted by atomic mass is 16.5. The van der Waals surface area contributed by atoms with Crippen molar-refractivity contribution in [2.45, 2.75) is 39.3 Å². The number of hydrogen-bond donors (Lipinski definition) is 1. The van der Waals surface area contributed by atoms with Crippen molar-refractivity contribution in [3.63, 3.8) is 0 Å². The summed E-state index contributed by atoms with van der Waals surface area (Å²) in [5.74, 6) is 1.82. The summed E-state index contributed by atoms with van der Waals surface area (Å²) in [5.41, 5.74) is 3.47. The summed E-state index contributed by atoms with van der Waals surface area (Å²) in [6, 6.07) is 26.7. The predicted molar refractivity (Wildman–Crippen MR) is 116 cm³/mol. The first-order valence-electron chi connectivity index (χ1n) is 10.00. The van der Waals surface area contributed by atoms with Gasteiger partial charge in [-0.05, 0) is 37.1 Å². The normalized spacial score (nSPS) is 11.6. The van der Waals surface area contributed by atoms with Gasteiger partial charge < -0.3 is 14.8 Å². The van der Waals surface area contributed by atoms with Crippen molar-refractivity contribution < 1.29 is 9.47 Å². The summed E-state index contributed by atoms with van der Waals surface area (Å²) >= 11 is 0. The van der Waals surface area contributed by atoms with Crippen LogP contribution in [0.3, 0.4) is 0 Å². The Morgan fingerprint density at radius 3 is 2.50 bits per heavy atom. The summed E-state index contributed by atoms with van der Waals surface area (Å²) in [6.07, 6.45) is 2.11. The predicted octanol–water partition coefficient (Wildman–Crippen LogP) is 6.10. The van der Waals surface area contributed by atoms with Gasteiger partial charge in [0.2, 0.25) is 0 Å². The second-order valence-electron chi connectivity index (χ2n) is 6.91. The van der Waals surface area contributed by atoms with Crippen LogP contribution in [0, 0.1) is 0 Å². The maximum Gasteiger partial charge on any atom is 0.124 e. The van der Waals surface area contributed by atoms with Crippen molar-refractivity contribution >= 4 is 5.69 Å². The van der Waals surface area contributed by atoms with Gasteiger partial charge in [0.1, 0.15) is 11.5 Å². The first-order valence-corrected chi connectivity index (χ1v) is 10.00. The van der Waals surface area contributed by atoms with Gasteiger partial charge in [-0.1, -0.05) is 61.5 Å². The fourth-order valence-corrected chi connectivity index (χ4v) is 2.91. The molecule has 0 aliphatic rings. The Morgan fingerprint density at radius 2 is 1.68 bits per heavy atom. The molecule has 0 amide bonds. The first kappa shape index (κ1) is 19.8. The molecule has 0 fully saturated rings. The molecule has 0 aliphatic carbocycles. The zero-order valence-electron chi connectivity index (χ0n) is 16.7. The van der Waals surface area contributed by atoms with Gasteiger partial charge in [0, 0.05) is 30.3 Å². The molecule has 3 aromatic rings. The molecule has 0 unspecified atom stereocenters. The zero-order chi connectivity index (χ0) is 19.6. The maximum atomic E-state index is 6.06. The largest absolute Gasteiger partial charge is 0.493 e. The van der Waals surface area contributed by atoms with Gasteiger partial charge in [0.05, 0.1) is 12.7 Å². The van der Waals surface area contributed by atoms with Gasteiger partial charge >= 0.3 is 0 Å². The molecule has 0 aromatic heterocycles. The molecule has 1 N–H and O–H groups in total. The summed E-state index contributed by atoms with van der Waals surface area (Å²) in [7, 11) is 0. The lowest BCUT2D eigenvalue weighted by molar-refractivity contribution is 0.217. The van der Waals surface area contributed by atoms with Crippen LogP contribution in [0.5, 0.6) is 11.5 Å². The van der Waals surface area contributed by atoms with Crippen LogP contribution in [0.15, 0.2) is 78.9 Å². The molecule has 0 saturated carbocycles. The number of para-hydroxylation sites is 1. The minimum absolute atomic E-state index is 0.217. The van der Waals surface area contributed by atoms with Gasteiger partial charge in [-0.3, -0.25) is 0 Å². The molecule has 0 radical (unpaired) electrons. The van der Waals surface area contributed by atoms with Crippen LogP contribution in [0.1, 0.15) is 31.4 Å². The molecule has 28 heavy (non-hydrogen) atoms. The quantitative estimate of drug-likeness (QED) is 0.464. The van der Waals surface area contributed by atoms with Crippen molar-refractivity contribution in [1.29, 1.82) is 0 Å². The highest BCUT2D eigenvalue weighted by Gasteiger charge is 2.05. The number of hydrogen-bond acceptors (Lipinski definition) is 3. The Labute approximate surface area is 168 Å². The van der Waals surface area contributed by atoms with Crippen molar-refractivity contribution in [2.75, 3.05) is 11.9 Å². The molecule has 0 heterocycles. The second-order valence-corrected chi connectivity index (χ2v) is 6.91. The average Bonchev–Trinajstić information content (AvgIpc) is 2.74. The van der Waals surface area contributed by atoms with E-state index >= 15 is 0 Å². The van der Waals surface area contributed by atoms with E-state index in [1.807, 2.05) is 42.5 Å². The third-order valence-electron chi connectivity index (χ3n) is 4.69. The Balaban J connectivity index is 1.57. The lowest BCUT2D eigenvalue weighted by atomic mass is 10.1. The van der Waals surface area contributed by atoms with Crippen molar-refractivity contribution in [1.82, 2.24) is 0 Å². The monoisotopic (exact) mass is 375 g/mol. The molecular weight excluding hydrogens is 346 g/mol. The van der Waals surface area contributed by atoms with E-state index in [0.29, 0.717) is 13.2 Å². The van der Waals surface area contributed by atoms with E-state index in [4.69, 9.17) is 9.47 Å². The minimum atomic E-state index is 0.217. The van der Waals surface area contributed by atoms with Crippen molar-refractivity contribution in [2.24, 2.45) is 0 Å². The van der Waals surface area contributed by atoms with Gasteiger partial charge in [-0.15, -0.1) is 0 Å². The third kappa shape index (κ3) is 6.05. The van der Waals surface area contributed by atoms with Gasteiger partial charge in [-0.25, -0.2) is 0 Å². The van der Waals surface area contributed by atoms with Crippen LogP contribution in [0.4, 0.5) is 5.69 Å². The molecular formula is C25H29NO2. The van der Waals surface area contributed by atoms with Crippen LogP contribution in [0.25, 0.3) is 0 Å². The summed E-state index contributed by atoms with van der Waals surface area (Å²) < 4.78 is 12.0. The minimum Gasteiger partial charge on any atom is -0.493 e. The highest BCUT2D eigenvalue weighted by molar-refractivity contribution is 5.49. The Kier molecular flexibility index (Phi) is 7.36. The molecule has 0 bridgehead atoms. The molecule has 146 valence electrons. The summed E-state index contributed by atoms with van der Waals surface area (Å²) in [6.45, 7) is 5.58. The first-order chi connectivity index (χ1) is 13.7. The molecule has 0 saturated heterocycles. The number of anilines is 1. The Hall–Kier alpha value is -2.94. The number of nitrogens with one attached hydrogen (secondary N) is 1. The van der Waals surface area contributed by atoms with E-state index in [1.54, 1.807) is 0 Å². The van der Waals surface area contributed by atoms with Crippen LogP contribution in [-0.4, -0.2) is 12.7 Å².